The maximum atomic E-state index is 4.63. The van der Waals surface area contributed by atoms with Crippen LogP contribution in [0.2, 0.25) is 0 Å². The number of rotatable bonds is 5. The van der Waals surface area contributed by atoms with E-state index in [4.69, 9.17) is 0 Å². The van der Waals surface area contributed by atoms with Crippen LogP contribution in [-0.2, 0) is 13.1 Å². The molecule has 2 rings (SSSR count). The lowest BCUT2D eigenvalue weighted by Crippen LogP contribution is -2.36. The minimum atomic E-state index is 0. The minimum Gasteiger partial charge on any atom is -0.357 e. The Morgan fingerprint density at radius 3 is 2.73 bits per heavy atom. The van der Waals surface area contributed by atoms with Crippen molar-refractivity contribution in [2.45, 2.75) is 33.9 Å². The molecule has 0 saturated carbocycles. The van der Waals surface area contributed by atoms with E-state index in [1.54, 1.807) is 11.3 Å². The van der Waals surface area contributed by atoms with Gasteiger partial charge in [-0.1, -0.05) is 29.8 Å². The Kier molecular flexibility index (Phi) is 8.40. The summed E-state index contributed by atoms with van der Waals surface area (Å²) in [5, 5.41) is 6.63. The first-order chi connectivity index (χ1) is 10.2. The van der Waals surface area contributed by atoms with Crippen molar-refractivity contribution in [3.8, 4) is 0 Å². The molecule has 1 heterocycles. The number of aryl methyl sites for hydroxylation is 2. The fraction of sp³-hybridized carbons (Fsp3) is 0.375. The largest absolute Gasteiger partial charge is 0.357 e. The number of aliphatic imine (C=N–C) groups is 1. The highest BCUT2D eigenvalue weighted by Crippen LogP contribution is 2.11. The second kappa shape index (κ2) is 9.78. The zero-order valence-corrected chi connectivity index (χ0v) is 16.4. The lowest BCUT2D eigenvalue weighted by molar-refractivity contribution is 0.819. The lowest BCUT2D eigenvalue weighted by Gasteiger charge is -2.11. The number of thiazole rings is 1. The quantitative estimate of drug-likeness (QED) is 0.433. The van der Waals surface area contributed by atoms with E-state index in [-0.39, 0.29) is 24.0 Å². The van der Waals surface area contributed by atoms with Crippen LogP contribution in [0.3, 0.4) is 0 Å². The van der Waals surface area contributed by atoms with Crippen LogP contribution >= 0.6 is 35.3 Å². The molecule has 2 N–H and O–H groups in total. The van der Waals surface area contributed by atoms with Gasteiger partial charge < -0.3 is 10.6 Å². The first-order valence-electron chi connectivity index (χ1n) is 7.15. The Balaban J connectivity index is 0.00000242. The van der Waals surface area contributed by atoms with Crippen molar-refractivity contribution < 1.29 is 0 Å². The third kappa shape index (κ3) is 5.92. The van der Waals surface area contributed by atoms with Crippen LogP contribution in [0.25, 0.3) is 0 Å². The third-order valence-electron chi connectivity index (χ3n) is 3.11. The smallest absolute Gasteiger partial charge is 0.191 e. The fourth-order valence-electron chi connectivity index (χ4n) is 1.98. The number of aromatic nitrogens is 1. The molecule has 0 fully saturated rings. The van der Waals surface area contributed by atoms with E-state index in [9.17, 15) is 0 Å². The van der Waals surface area contributed by atoms with E-state index in [1.165, 1.54) is 16.0 Å². The number of hydrogen-bond donors (Lipinski definition) is 2. The summed E-state index contributed by atoms with van der Waals surface area (Å²) in [4.78, 5) is 10.1. The van der Waals surface area contributed by atoms with Crippen molar-refractivity contribution >= 4 is 41.3 Å². The van der Waals surface area contributed by atoms with E-state index in [0.29, 0.717) is 6.54 Å². The molecule has 0 radical (unpaired) electrons. The van der Waals surface area contributed by atoms with Crippen LogP contribution in [0.5, 0.6) is 0 Å². The average molecular weight is 430 g/mol. The number of benzene rings is 1. The summed E-state index contributed by atoms with van der Waals surface area (Å²) >= 11 is 1.67. The van der Waals surface area contributed by atoms with Crippen molar-refractivity contribution in [2.24, 2.45) is 4.99 Å². The summed E-state index contributed by atoms with van der Waals surface area (Å²) in [5.41, 5.74) is 5.45. The topological polar surface area (TPSA) is 49.3 Å². The average Bonchev–Trinajstić information content (AvgIpc) is 2.87. The zero-order valence-electron chi connectivity index (χ0n) is 13.2. The van der Waals surface area contributed by atoms with Gasteiger partial charge in [-0.25, -0.2) is 9.98 Å². The van der Waals surface area contributed by atoms with Crippen LogP contribution < -0.4 is 10.6 Å². The molecule has 0 saturated heterocycles. The van der Waals surface area contributed by atoms with Crippen molar-refractivity contribution in [1.29, 1.82) is 0 Å². The number of hydrogen-bond acceptors (Lipinski definition) is 3. The molecule has 0 bridgehead atoms. The monoisotopic (exact) mass is 430 g/mol. The molecule has 1 aromatic heterocycles. The van der Waals surface area contributed by atoms with Gasteiger partial charge >= 0.3 is 0 Å². The van der Waals surface area contributed by atoms with Crippen LogP contribution in [0.15, 0.2) is 34.8 Å². The first-order valence-corrected chi connectivity index (χ1v) is 8.03. The molecule has 4 nitrogen and oxygen atoms in total. The van der Waals surface area contributed by atoms with Gasteiger partial charge in [-0.3, -0.25) is 0 Å². The van der Waals surface area contributed by atoms with Gasteiger partial charge in [0, 0.05) is 11.4 Å². The van der Waals surface area contributed by atoms with Crippen LogP contribution in [0, 0.1) is 13.8 Å². The maximum absolute atomic E-state index is 4.63. The van der Waals surface area contributed by atoms with E-state index in [2.05, 4.69) is 58.7 Å². The third-order valence-corrected chi connectivity index (χ3v) is 4.04. The van der Waals surface area contributed by atoms with Gasteiger partial charge in [0.1, 0.15) is 0 Å². The van der Waals surface area contributed by atoms with Crippen LogP contribution in [0.4, 0.5) is 0 Å². The van der Waals surface area contributed by atoms with Gasteiger partial charge in [-0.05, 0) is 26.3 Å². The van der Waals surface area contributed by atoms with E-state index < -0.39 is 0 Å². The molecule has 1 aromatic carbocycles. The Morgan fingerprint density at radius 1 is 1.27 bits per heavy atom. The summed E-state index contributed by atoms with van der Waals surface area (Å²) in [6.07, 6.45) is 0. The van der Waals surface area contributed by atoms with Crippen LogP contribution in [-0.4, -0.2) is 17.5 Å². The second-order valence-corrected chi connectivity index (χ2v) is 5.84. The molecule has 6 heteroatoms. The van der Waals surface area contributed by atoms with E-state index >= 15 is 0 Å². The molecule has 0 aliphatic heterocycles. The molecule has 0 amide bonds. The van der Waals surface area contributed by atoms with Crippen molar-refractivity contribution in [1.82, 2.24) is 15.6 Å². The van der Waals surface area contributed by atoms with Crippen molar-refractivity contribution in [3.63, 3.8) is 0 Å². The second-order valence-electron chi connectivity index (χ2n) is 4.90. The number of guanidine groups is 1. The molecular weight excluding hydrogens is 407 g/mol. The predicted octanol–water partition coefficient (Wildman–Crippen LogP) is 3.63. The first kappa shape index (κ1) is 18.9. The highest BCUT2D eigenvalue weighted by atomic mass is 127. The molecule has 22 heavy (non-hydrogen) atoms. The number of nitrogens with zero attached hydrogens (tertiary/aromatic N) is 2. The molecular formula is C16H23IN4S. The Morgan fingerprint density at radius 2 is 2.09 bits per heavy atom. The number of halogens is 1. The van der Waals surface area contributed by atoms with Gasteiger partial charge in [0.2, 0.25) is 0 Å². The Bertz CT molecular complexity index is 610. The molecule has 2 aromatic rings. The summed E-state index contributed by atoms with van der Waals surface area (Å²) in [6, 6.07) is 8.44. The van der Waals surface area contributed by atoms with Crippen molar-refractivity contribution in [3.05, 3.63) is 51.5 Å². The SMILES string of the molecule is CCNC(=NCc1cccc(C)c1)NCc1scnc1C.I. The fourth-order valence-corrected chi connectivity index (χ4v) is 2.70. The summed E-state index contributed by atoms with van der Waals surface area (Å²) < 4.78 is 0. The standard InChI is InChI=1S/C16H22N4S.HI/c1-4-17-16(19-10-15-13(3)20-11-21-15)18-9-14-7-5-6-12(2)8-14;/h5-8,11H,4,9-10H2,1-3H3,(H2,17,18,19);1H. The predicted molar refractivity (Wildman–Crippen MR) is 105 cm³/mol. The van der Waals surface area contributed by atoms with Gasteiger partial charge in [-0.2, -0.15) is 0 Å². The molecule has 0 unspecified atom stereocenters. The van der Waals surface area contributed by atoms with Crippen molar-refractivity contribution in [2.75, 3.05) is 6.54 Å². The number of nitrogens with one attached hydrogen (secondary N) is 2. The minimum absolute atomic E-state index is 0. The molecule has 0 aliphatic rings. The molecule has 0 atom stereocenters. The highest BCUT2D eigenvalue weighted by molar-refractivity contribution is 14.0. The Hall–Kier alpha value is -1.15. The molecule has 0 spiro atoms. The summed E-state index contributed by atoms with van der Waals surface area (Å²) in [5.74, 6) is 0.840. The molecule has 0 aliphatic carbocycles. The van der Waals surface area contributed by atoms with Crippen LogP contribution in [0.1, 0.15) is 28.6 Å². The maximum Gasteiger partial charge on any atom is 0.191 e. The molecule has 120 valence electrons. The van der Waals surface area contributed by atoms with E-state index in [1.807, 2.05) is 12.4 Å². The van der Waals surface area contributed by atoms with E-state index in [0.717, 1.165) is 24.7 Å². The van der Waals surface area contributed by atoms with Gasteiger partial charge in [0.25, 0.3) is 0 Å². The lowest BCUT2D eigenvalue weighted by atomic mass is 10.1. The van der Waals surface area contributed by atoms with Gasteiger partial charge in [-0.15, -0.1) is 35.3 Å². The summed E-state index contributed by atoms with van der Waals surface area (Å²) in [7, 11) is 0. The Labute approximate surface area is 153 Å². The normalized spacial score (nSPS) is 11.0. The van der Waals surface area contributed by atoms with Gasteiger partial charge in [0.05, 0.1) is 24.3 Å². The summed E-state index contributed by atoms with van der Waals surface area (Å²) in [6.45, 7) is 8.49. The highest BCUT2D eigenvalue weighted by Gasteiger charge is 2.03. The van der Waals surface area contributed by atoms with Gasteiger partial charge in [0.15, 0.2) is 5.96 Å². The zero-order chi connectivity index (χ0) is 15.1.